The van der Waals surface area contributed by atoms with Gasteiger partial charge in [-0.2, -0.15) is 0 Å². The third-order valence-corrected chi connectivity index (χ3v) is 4.08. The number of hydrogen-bond donors (Lipinski definition) is 1. The molecular formula is C14H18ClFN2O. The summed E-state index contributed by atoms with van der Waals surface area (Å²) in [7, 11) is 1.76. The zero-order valence-electron chi connectivity index (χ0n) is 10.9. The molecule has 1 amide bonds. The number of rotatable bonds is 2. The second-order valence-corrected chi connectivity index (χ2v) is 5.52. The summed E-state index contributed by atoms with van der Waals surface area (Å²) in [5, 5.41) is 0.0304. The van der Waals surface area contributed by atoms with E-state index in [4.69, 9.17) is 17.3 Å². The first-order valence-electron chi connectivity index (χ1n) is 6.47. The van der Waals surface area contributed by atoms with Crippen molar-refractivity contribution in [3.8, 4) is 0 Å². The molecule has 0 saturated heterocycles. The largest absolute Gasteiger partial charge is 0.339 e. The zero-order valence-corrected chi connectivity index (χ0v) is 11.7. The average molecular weight is 285 g/mol. The molecule has 1 fully saturated rings. The van der Waals surface area contributed by atoms with Crippen LogP contribution in [0.2, 0.25) is 5.02 Å². The molecule has 0 aromatic heterocycles. The van der Waals surface area contributed by atoms with Crippen LogP contribution in [0.5, 0.6) is 0 Å². The van der Waals surface area contributed by atoms with Gasteiger partial charge in [0.1, 0.15) is 5.82 Å². The first kappa shape index (κ1) is 14.3. The highest BCUT2D eigenvalue weighted by Gasteiger charge is 2.25. The van der Waals surface area contributed by atoms with Crippen molar-refractivity contribution in [3.63, 3.8) is 0 Å². The number of nitrogens with two attached hydrogens (primary N) is 1. The molecule has 1 aromatic carbocycles. The number of carbonyl (C=O) groups is 1. The van der Waals surface area contributed by atoms with E-state index in [0.717, 1.165) is 25.7 Å². The zero-order chi connectivity index (χ0) is 14.0. The topological polar surface area (TPSA) is 46.3 Å². The van der Waals surface area contributed by atoms with Crippen LogP contribution in [0.1, 0.15) is 36.0 Å². The van der Waals surface area contributed by atoms with Gasteiger partial charge in [-0.1, -0.05) is 11.6 Å². The van der Waals surface area contributed by atoms with Crippen molar-refractivity contribution in [1.29, 1.82) is 0 Å². The van der Waals surface area contributed by atoms with Gasteiger partial charge in [-0.25, -0.2) is 4.39 Å². The molecule has 1 saturated carbocycles. The maximum Gasteiger partial charge on any atom is 0.253 e. The van der Waals surface area contributed by atoms with Crippen molar-refractivity contribution < 1.29 is 9.18 Å². The molecule has 0 bridgehead atoms. The lowest BCUT2D eigenvalue weighted by atomic mass is 9.90. The van der Waals surface area contributed by atoms with Gasteiger partial charge in [-0.15, -0.1) is 0 Å². The van der Waals surface area contributed by atoms with Crippen LogP contribution in [0.4, 0.5) is 4.39 Å². The summed E-state index contributed by atoms with van der Waals surface area (Å²) < 4.78 is 13.4. The van der Waals surface area contributed by atoms with Gasteiger partial charge in [0.2, 0.25) is 0 Å². The Kier molecular flexibility index (Phi) is 4.42. The summed E-state index contributed by atoms with van der Waals surface area (Å²) in [5.74, 6) is -0.734. The standard InChI is InChI=1S/C14H18ClFN2O/c1-18(11-5-3-10(17)4-6-11)14(19)9-2-7-12(15)13(16)8-9/h2,7-8,10-11H,3-6,17H2,1H3. The lowest BCUT2D eigenvalue weighted by Gasteiger charge is -2.33. The van der Waals surface area contributed by atoms with Gasteiger partial charge in [0, 0.05) is 24.7 Å². The van der Waals surface area contributed by atoms with Crippen molar-refractivity contribution in [2.24, 2.45) is 5.73 Å². The predicted molar refractivity (Wildman–Crippen MR) is 73.7 cm³/mol. The maximum absolute atomic E-state index is 13.4. The summed E-state index contributed by atoms with van der Waals surface area (Å²) in [4.78, 5) is 14.0. The number of carbonyl (C=O) groups excluding carboxylic acids is 1. The molecule has 5 heteroatoms. The van der Waals surface area contributed by atoms with Crippen LogP contribution in [0.15, 0.2) is 18.2 Å². The lowest BCUT2D eigenvalue weighted by Crippen LogP contribution is -2.41. The second kappa shape index (κ2) is 5.88. The van der Waals surface area contributed by atoms with E-state index in [9.17, 15) is 9.18 Å². The Balaban J connectivity index is 2.08. The van der Waals surface area contributed by atoms with E-state index >= 15 is 0 Å². The van der Waals surface area contributed by atoms with Gasteiger partial charge in [-0.3, -0.25) is 4.79 Å². The Bertz CT molecular complexity index is 473. The highest BCUT2D eigenvalue weighted by atomic mass is 35.5. The van der Waals surface area contributed by atoms with Crippen LogP contribution < -0.4 is 5.73 Å². The van der Waals surface area contributed by atoms with E-state index in [2.05, 4.69) is 0 Å². The van der Waals surface area contributed by atoms with Gasteiger partial charge in [0.05, 0.1) is 5.02 Å². The molecule has 0 aliphatic heterocycles. The summed E-state index contributed by atoms with van der Waals surface area (Å²) in [6.07, 6.45) is 3.66. The summed E-state index contributed by atoms with van der Waals surface area (Å²) in [6.45, 7) is 0. The minimum Gasteiger partial charge on any atom is -0.339 e. The first-order chi connectivity index (χ1) is 8.99. The van der Waals surface area contributed by atoms with E-state index in [1.54, 1.807) is 18.0 Å². The fraction of sp³-hybridized carbons (Fsp3) is 0.500. The molecule has 2 rings (SSSR count). The predicted octanol–water partition coefficient (Wildman–Crippen LogP) is 2.82. The Morgan fingerprint density at radius 1 is 1.37 bits per heavy atom. The molecule has 0 spiro atoms. The SMILES string of the molecule is CN(C(=O)c1ccc(Cl)c(F)c1)C1CCC(N)CC1. The van der Waals surface area contributed by atoms with Crippen LogP contribution in [-0.4, -0.2) is 29.9 Å². The highest BCUT2D eigenvalue weighted by molar-refractivity contribution is 6.30. The van der Waals surface area contributed by atoms with Crippen LogP contribution in [0, 0.1) is 5.82 Å². The molecule has 104 valence electrons. The van der Waals surface area contributed by atoms with E-state index in [1.165, 1.54) is 12.1 Å². The number of halogens is 2. The monoisotopic (exact) mass is 284 g/mol. The van der Waals surface area contributed by atoms with Crippen molar-refractivity contribution >= 4 is 17.5 Å². The van der Waals surface area contributed by atoms with Crippen LogP contribution in [0.25, 0.3) is 0 Å². The van der Waals surface area contributed by atoms with E-state index in [1.807, 2.05) is 0 Å². The third kappa shape index (κ3) is 3.25. The van der Waals surface area contributed by atoms with Crippen LogP contribution in [-0.2, 0) is 0 Å². The summed E-state index contributed by atoms with van der Waals surface area (Å²) in [5.41, 5.74) is 6.19. The van der Waals surface area contributed by atoms with Crippen LogP contribution in [0.3, 0.4) is 0 Å². The number of nitrogens with zero attached hydrogens (tertiary/aromatic N) is 1. The highest BCUT2D eigenvalue weighted by Crippen LogP contribution is 2.23. The normalized spacial score (nSPS) is 23.2. The Morgan fingerprint density at radius 3 is 2.58 bits per heavy atom. The van der Waals surface area contributed by atoms with E-state index in [0.29, 0.717) is 5.56 Å². The quantitative estimate of drug-likeness (QED) is 0.908. The van der Waals surface area contributed by atoms with E-state index < -0.39 is 5.82 Å². The molecule has 19 heavy (non-hydrogen) atoms. The fourth-order valence-electron chi connectivity index (χ4n) is 2.49. The molecule has 2 N–H and O–H groups in total. The van der Waals surface area contributed by atoms with Crippen molar-refractivity contribution in [3.05, 3.63) is 34.6 Å². The Morgan fingerprint density at radius 2 is 2.00 bits per heavy atom. The van der Waals surface area contributed by atoms with Gasteiger partial charge in [0.15, 0.2) is 0 Å². The van der Waals surface area contributed by atoms with Gasteiger partial charge < -0.3 is 10.6 Å². The van der Waals surface area contributed by atoms with E-state index in [-0.39, 0.29) is 23.0 Å². The number of amides is 1. The average Bonchev–Trinajstić information content (AvgIpc) is 2.41. The molecule has 1 aliphatic carbocycles. The van der Waals surface area contributed by atoms with Gasteiger partial charge in [-0.05, 0) is 43.9 Å². The Labute approximate surface area is 117 Å². The molecule has 0 heterocycles. The fourth-order valence-corrected chi connectivity index (χ4v) is 2.61. The van der Waals surface area contributed by atoms with Crippen molar-refractivity contribution in [1.82, 2.24) is 4.90 Å². The minimum absolute atomic E-state index is 0.0304. The third-order valence-electron chi connectivity index (χ3n) is 3.78. The molecule has 1 aromatic rings. The Hall–Kier alpha value is -1.13. The van der Waals surface area contributed by atoms with Crippen molar-refractivity contribution in [2.45, 2.75) is 37.8 Å². The molecular weight excluding hydrogens is 267 g/mol. The van der Waals surface area contributed by atoms with Gasteiger partial charge in [0.25, 0.3) is 5.91 Å². The van der Waals surface area contributed by atoms with Gasteiger partial charge >= 0.3 is 0 Å². The van der Waals surface area contributed by atoms with Crippen LogP contribution >= 0.6 is 11.6 Å². The molecule has 0 atom stereocenters. The molecule has 0 radical (unpaired) electrons. The summed E-state index contributed by atoms with van der Waals surface area (Å²) in [6, 6.07) is 4.59. The molecule has 1 aliphatic rings. The maximum atomic E-state index is 13.4. The number of hydrogen-bond acceptors (Lipinski definition) is 2. The smallest absolute Gasteiger partial charge is 0.253 e. The lowest BCUT2D eigenvalue weighted by molar-refractivity contribution is 0.0689. The second-order valence-electron chi connectivity index (χ2n) is 5.11. The molecule has 0 unspecified atom stereocenters. The summed E-state index contributed by atoms with van der Waals surface area (Å²) >= 11 is 5.62. The first-order valence-corrected chi connectivity index (χ1v) is 6.84. The van der Waals surface area contributed by atoms with Crippen molar-refractivity contribution in [2.75, 3.05) is 7.05 Å². The number of benzene rings is 1. The minimum atomic E-state index is -0.563. The molecule has 3 nitrogen and oxygen atoms in total.